The predicted octanol–water partition coefficient (Wildman–Crippen LogP) is 1.81. The van der Waals surface area contributed by atoms with Crippen LogP contribution >= 0.6 is 12.4 Å². The number of benzene rings is 1. The summed E-state index contributed by atoms with van der Waals surface area (Å²) < 4.78 is 1.87. The smallest absolute Gasteiger partial charge is 0.276 e. The van der Waals surface area contributed by atoms with E-state index in [0.717, 1.165) is 37.3 Å². The lowest BCUT2D eigenvalue weighted by atomic mass is 10.1. The first-order valence-corrected chi connectivity index (χ1v) is 9.84. The first-order valence-electron chi connectivity index (χ1n) is 9.84. The Bertz CT molecular complexity index is 865. The molecule has 1 aromatic carbocycles. The molecule has 0 bridgehead atoms. The van der Waals surface area contributed by atoms with Crippen molar-refractivity contribution in [3.63, 3.8) is 0 Å². The molecule has 2 aliphatic heterocycles. The highest BCUT2D eigenvalue weighted by molar-refractivity contribution is 6.03. The number of amides is 2. The molecular formula is C20H27ClN6O2. The zero-order chi connectivity index (χ0) is 19.7. The predicted molar refractivity (Wildman–Crippen MR) is 112 cm³/mol. The number of carbonyl (C=O) groups is 2. The normalized spacial score (nSPS) is 19.9. The average molecular weight is 419 g/mol. The monoisotopic (exact) mass is 418 g/mol. The number of nitrogens with one attached hydrogen (secondary N) is 1. The van der Waals surface area contributed by atoms with E-state index in [1.165, 1.54) is 4.90 Å². The third kappa shape index (κ3) is 4.00. The molecule has 0 aliphatic carbocycles. The van der Waals surface area contributed by atoms with Crippen molar-refractivity contribution in [2.45, 2.75) is 38.3 Å². The molecule has 0 saturated carbocycles. The molecule has 4 rings (SSSR count). The molecule has 156 valence electrons. The van der Waals surface area contributed by atoms with E-state index < -0.39 is 6.04 Å². The van der Waals surface area contributed by atoms with Crippen molar-refractivity contribution in [1.29, 1.82) is 0 Å². The number of carbonyl (C=O) groups excluding carboxylic acids is 2. The summed E-state index contributed by atoms with van der Waals surface area (Å²) in [6.07, 6.45) is 2.55. The van der Waals surface area contributed by atoms with E-state index in [4.69, 9.17) is 0 Å². The largest absolute Gasteiger partial charge is 0.328 e. The van der Waals surface area contributed by atoms with E-state index in [1.807, 2.05) is 41.9 Å². The molecule has 1 N–H and O–H groups in total. The number of piperidine rings is 1. The maximum absolute atomic E-state index is 13.1. The number of rotatable bonds is 4. The van der Waals surface area contributed by atoms with Crippen LogP contribution in [0.2, 0.25) is 0 Å². The van der Waals surface area contributed by atoms with Crippen molar-refractivity contribution >= 4 is 29.9 Å². The van der Waals surface area contributed by atoms with E-state index >= 15 is 0 Å². The SMILES string of the molecule is Cc1c(C(=O)N(C)C2CCN(c3ccccc3)C2=O)nnn1C1CCNCC1.Cl. The summed E-state index contributed by atoms with van der Waals surface area (Å²) in [5, 5.41) is 11.7. The van der Waals surface area contributed by atoms with Crippen molar-refractivity contribution in [1.82, 2.24) is 25.2 Å². The van der Waals surface area contributed by atoms with Crippen LogP contribution in [0.4, 0.5) is 5.69 Å². The van der Waals surface area contributed by atoms with Crippen LogP contribution in [0, 0.1) is 6.92 Å². The minimum absolute atomic E-state index is 0. The molecule has 2 saturated heterocycles. The highest BCUT2D eigenvalue weighted by Crippen LogP contribution is 2.25. The van der Waals surface area contributed by atoms with Gasteiger partial charge in [-0.15, -0.1) is 17.5 Å². The minimum Gasteiger partial charge on any atom is -0.328 e. The van der Waals surface area contributed by atoms with E-state index in [-0.39, 0.29) is 30.3 Å². The number of anilines is 1. The van der Waals surface area contributed by atoms with Crippen molar-refractivity contribution in [3.05, 3.63) is 41.7 Å². The van der Waals surface area contributed by atoms with Gasteiger partial charge < -0.3 is 15.1 Å². The van der Waals surface area contributed by atoms with Crippen LogP contribution in [0.15, 0.2) is 30.3 Å². The van der Waals surface area contributed by atoms with Crippen LogP contribution in [0.1, 0.15) is 41.5 Å². The highest BCUT2D eigenvalue weighted by Gasteiger charge is 2.38. The van der Waals surface area contributed by atoms with Gasteiger partial charge in [-0.3, -0.25) is 9.59 Å². The summed E-state index contributed by atoms with van der Waals surface area (Å²) in [4.78, 5) is 29.2. The first-order chi connectivity index (χ1) is 13.6. The fourth-order valence-corrected chi connectivity index (χ4v) is 4.13. The molecule has 1 unspecified atom stereocenters. The number of likely N-dealkylation sites (N-methyl/N-ethyl adjacent to an activating group) is 1. The molecule has 2 aliphatic rings. The molecule has 3 heterocycles. The number of hydrogen-bond acceptors (Lipinski definition) is 5. The second-order valence-electron chi connectivity index (χ2n) is 7.50. The molecule has 2 fully saturated rings. The molecular weight excluding hydrogens is 392 g/mol. The fourth-order valence-electron chi connectivity index (χ4n) is 4.13. The van der Waals surface area contributed by atoms with Crippen LogP contribution in [0.3, 0.4) is 0 Å². The Morgan fingerprint density at radius 1 is 1.17 bits per heavy atom. The van der Waals surface area contributed by atoms with Gasteiger partial charge in [0.2, 0.25) is 5.91 Å². The lowest BCUT2D eigenvalue weighted by molar-refractivity contribution is -0.120. The third-order valence-electron chi connectivity index (χ3n) is 5.82. The molecule has 0 radical (unpaired) electrons. The number of aromatic nitrogens is 3. The number of nitrogens with zero attached hydrogens (tertiary/aromatic N) is 5. The van der Waals surface area contributed by atoms with Gasteiger partial charge >= 0.3 is 0 Å². The van der Waals surface area contributed by atoms with Crippen LogP contribution in [-0.2, 0) is 4.79 Å². The number of hydrogen-bond donors (Lipinski definition) is 1. The second-order valence-corrected chi connectivity index (χ2v) is 7.50. The third-order valence-corrected chi connectivity index (χ3v) is 5.82. The molecule has 1 atom stereocenters. The summed E-state index contributed by atoms with van der Waals surface area (Å²) >= 11 is 0. The van der Waals surface area contributed by atoms with Crippen LogP contribution in [0.5, 0.6) is 0 Å². The van der Waals surface area contributed by atoms with Crippen molar-refractivity contribution in [2.24, 2.45) is 0 Å². The maximum Gasteiger partial charge on any atom is 0.276 e. The molecule has 2 amide bonds. The maximum atomic E-state index is 13.1. The second kappa shape index (κ2) is 8.92. The van der Waals surface area contributed by atoms with Crippen molar-refractivity contribution < 1.29 is 9.59 Å². The lowest BCUT2D eigenvalue weighted by Crippen LogP contribution is -2.43. The zero-order valence-corrected chi connectivity index (χ0v) is 17.6. The Balaban J connectivity index is 0.00000240. The van der Waals surface area contributed by atoms with Crippen molar-refractivity contribution in [2.75, 3.05) is 31.6 Å². The Kier molecular flexibility index (Phi) is 6.54. The highest BCUT2D eigenvalue weighted by atomic mass is 35.5. The van der Waals surface area contributed by atoms with E-state index in [9.17, 15) is 9.59 Å². The van der Waals surface area contributed by atoms with E-state index in [0.29, 0.717) is 18.7 Å². The first kappa shape index (κ1) is 21.3. The Labute approximate surface area is 176 Å². The van der Waals surface area contributed by atoms with Crippen LogP contribution in [0.25, 0.3) is 0 Å². The Morgan fingerprint density at radius 3 is 2.55 bits per heavy atom. The van der Waals surface area contributed by atoms with Gasteiger partial charge in [0.15, 0.2) is 5.69 Å². The Morgan fingerprint density at radius 2 is 1.86 bits per heavy atom. The van der Waals surface area contributed by atoms with Gasteiger partial charge in [-0.05, 0) is 51.4 Å². The molecule has 29 heavy (non-hydrogen) atoms. The summed E-state index contributed by atoms with van der Waals surface area (Å²) in [5.41, 5.74) is 1.98. The van der Waals surface area contributed by atoms with Crippen LogP contribution < -0.4 is 10.2 Å². The van der Waals surface area contributed by atoms with Gasteiger partial charge in [-0.1, -0.05) is 23.4 Å². The quantitative estimate of drug-likeness (QED) is 0.818. The molecule has 9 heteroatoms. The summed E-state index contributed by atoms with van der Waals surface area (Å²) in [7, 11) is 1.68. The minimum atomic E-state index is -0.476. The van der Waals surface area contributed by atoms with Gasteiger partial charge in [0, 0.05) is 19.3 Å². The van der Waals surface area contributed by atoms with Gasteiger partial charge in [0.05, 0.1) is 11.7 Å². The summed E-state index contributed by atoms with van der Waals surface area (Å²) in [6, 6.07) is 9.36. The summed E-state index contributed by atoms with van der Waals surface area (Å²) in [6.45, 7) is 4.37. The molecule has 2 aromatic rings. The molecule has 1 aromatic heterocycles. The number of para-hydroxylation sites is 1. The number of halogens is 1. The standard InChI is InChI=1S/C20H26N6O2.ClH/c1-14-18(22-23-26(14)16-8-11-21-12-9-16)20(28)24(2)17-10-13-25(19(17)27)15-6-4-3-5-7-15;/h3-7,16-17,21H,8-13H2,1-2H3;1H. The van der Waals surface area contributed by atoms with Crippen LogP contribution in [-0.4, -0.2) is 64.4 Å². The van der Waals surface area contributed by atoms with E-state index in [1.54, 1.807) is 11.9 Å². The molecule has 0 spiro atoms. The van der Waals surface area contributed by atoms with Gasteiger partial charge in [-0.25, -0.2) is 4.68 Å². The van der Waals surface area contributed by atoms with Gasteiger partial charge in [-0.2, -0.15) is 0 Å². The fraction of sp³-hybridized carbons (Fsp3) is 0.500. The average Bonchev–Trinajstić information content (AvgIpc) is 3.31. The van der Waals surface area contributed by atoms with Crippen molar-refractivity contribution in [3.8, 4) is 0 Å². The molecule has 8 nitrogen and oxygen atoms in total. The lowest BCUT2D eigenvalue weighted by Gasteiger charge is -2.24. The Hall–Kier alpha value is -2.45. The van der Waals surface area contributed by atoms with E-state index in [2.05, 4.69) is 15.6 Å². The summed E-state index contributed by atoms with van der Waals surface area (Å²) in [5.74, 6) is -0.295. The van der Waals surface area contributed by atoms with Gasteiger partial charge in [0.1, 0.15) is 6.04 Å². The van der Waals surface area contributed by atoms with Gasteiger partial charge in [0.25, 0.3) is 5.91 Å². The zero-order valence-electron chi connectivity index (χ0n) is 16.7. The topological polar surface area (TPSA) is 83.4 Å².